The zero-order valence-corrected chi connectivity index (χ0v) is 11.3. The van der Waals surface area contributed by atoms with E-state index in [2.05, 4.69) is 15.3 Å². The maximum absolute atomic E-state index is 11.1. The second kappa shape index (κ2) is 4.92. The second-order valence-corrected chi connectivity index (χ2v) is 5.08. The van der Waals surface area contributed by atoms with Gasteiger partial charge in [0.05, 0.1) is 0 Å². The average molecular weight is 268 g/mol. The molecule has 1 amide bonds. The molecule has 0 bridgehead atoms. The molecule has 3 N–H and O–H groups in total. The van der Waals surface area contributed by atoms with Gasteiger partial charge in [-0.2, -0.15) is 0 Å². The summed E-state index contributed by atoms with van der Waals surface area (Å²) in [5, 5.41) is 3.37. The Balaban J connectivity index is 1.91. The molecule has 3 rings (SSSR count). The van der Waals surface area contributed by atoms with Crippen LogP contribution >= 0.6 is 0 Å². The van der Waals surface area contributed by atoms with Gasteiger partial charge in [-0.05, 0) is 31.9 Å². The van der Waals surface area contributed by atoms with E-state index in [9.17, 15) is 4.79 Å². The van der Waals surface area contributed by atoms with Crippen LogP contribution in [0.25, 0.3) is 11.4 Å². The summed E-state index contributed by atoms with van der Waals surface area (Å²) in [6.07, 6.45) is 2.40. The molecule has 1 aromatic heterocycles. The minimum absolute atomic E-state index is 0.433. The van der Waals surface area contributed by atoms with Crippen molar-refractivity contribution >= 4 is 11.7 Å². The van der Waals surface area contributed by atoms with Crippen LogP contribution in [0.2, 0.25) is 0 Å². The molecule has 102 valence electrons. The minimum Gasteiger partial charge on any atom is -0.367 e. The summed E-state index contributed by atoms with van der Waals surface area (Å²) in [5.41, 5.74) is 7.50. The highest BCUT2D eigenvalue weighted by molar-refractivity contribution is 5.93. The van der Waals surface area contributed by atoms with Gasteiger partial charge in [0.15, 0.2) is 5.82 Å². The number of rotatable bonds is 4. The lowest BCUT2D eigenvalue weighted by Gasteiger charge is -2.08. The maximum atomic E-state index is 11.1. The number of nitrogens with two attached hydrogens (primary N) is 1. The first-order chi connectivity index (χ1) is 9.61. The van der Waals surface area contributed by atoms with Gasteiger partial charge >= 0.3 is 0 Å². The summed E-state index contributed by atoms with van der Waals surface area (Å²) in [6, 6.07) is 9.51. The van der Waals surface area contributed by atoms with Crippen LogP contribution in [0.5, 0.6) is 0 Å². The predicted octanol–water partition coefficient (Wildman–Crippen LogP) is 2.13. The molecule has 5 nitrogen and oxygen atoms in total. The minimum atomic E-state index is -0.433. The molecule has 0 saturated heterocycles. The van der Waals surface area contributed by atoms with E-state index in [-0.39, 0.29) is 0 Å². The summed E-state index contributed by atoms with van der Waals surface area (Å²) < 4.78 is 0. The van der Waals surface area contributed by atoms with E-state index in [0.717, 1.165) is 17.1 Å². The molecule has 20 heavy (non-hydrogen) atoms. The zero-order chi connectivity index (χ0) is 14.1. The molecule has 1 aliphatic rings. The van der Waals surface area contributed by atoms with Gasteiger partial charge in [0.25, 0.3) is 0 Å². The van der Waals surface area contributed by atoms with Crippen LogP contribution in [0.4, 0.5) is 5.82 Å². The van der Waals surface area contributed by atoms with Crippen LogP contribution in [-0.2, 0) is 0 Å². The van der Waals surface area contributed by atoms with E-state index in [4.69, 9.17) is 5.73 Å². The summed E-state index contributed by atoms with van der Waals surface area (Å²) in [4.78, 5) is 20.0. The lowest BCUT2D eigenvalue weighted by Crippen LogP contribution is -2.10. The molecule has 0 unspecified atom stereocenters. The Morgan fingerprint density at radius 3 is 2.55 bits per heavy atom. The number of nitrogens with one attached hydrogen (secondary N) is 1. The number of aromatic nitrogens is 2. The molecule has 0 atom stereocenters. The number of primary amides is 1. The van der Waals surface area contributed by atoms with Crippen LogP contribution in [0.1, 0.15) is 28.9 Å². The van der Waals surface area contributed by atoms with Crippen molar-refractivity contribution in [2.45, 2.75) is 25.8 Å². The third-order valence-electron chi connectivity index (χ3n) is 3.21. The third-order valence-corrected chi connectivity index (χ3v) is 3.21. The lowest BCUT2D eigenvalue weighted by molar-refractivity contribution is 0.100. The fourth-order valence-corrected chi connectivity index (χ4v) is 1.99. The van der Waals surface area contributed by atoms with Crippen molar-refractivity contribution in [3.05, 3.63) is 41.6 Å². The first kappa shape index (κ1) is 12.6. The third kappa shape index (κ3) is 2.77. The molecular formula is C15H16N4O. The summed E-state index contributed by atoms with van der Waals surface area (Å²) in [6.45, 7) is 1.95. The number of anilines is 1. The molecule has 0 aliphatic heterocycles. The normalized spacial score (nSPS) is 14.1. The van der Waals surface area contributed by atoms with Crippen LogP contribution in [0.15, 0.2) is 30.3 Å². The molecule has 1 saturated carbocycles. The highest BCUT2D eigenvalue weighted by Crippen LogP contribution is 2.25. The lowest BCUT2D eigenvalue weighted by atomic mass is 10.1. The summed E-state index contributed by atoms with van der Waals surface area (Å²) >= 11 is 0. The van der Waals surface area contributed by atoms with E-state index in [1.54, 1.807) is 12.1 Å². The maximum Gasteiger partial charge on any atom is 0.248 e. The first-order valence-electron chi connectivity index (χ1n) is 6.64. The number of hydrogen-bond acceptors (Lipinski definition) is 4. The van der Waals surface area contributed by atoms with Gasteiger partial charge in [0.2, 0.25) is 5.91 Å². The Morgan fingerprint density at radius 2 is 1.95 bits per heavy atom. The number of amides is 1. The number of carbonyl (C=O) groups is 1. The second-order valence-electron chi connectivity index (χ2n) is 5.08. The molecule has 1 aliphatic carbocycles. The van der Waals surface area contributed by atoms with Crippen molar-refractivity contribution in [2.75, 3.05) is 5.32 Å². The van der Waals surface area contributed by atoms with Crippen LogP contribution < -0.4 is 11.1 Å². The fraction of sp³-hybridized carbons (Fsp3) is 0.267. The van der Waals surface area contributed by atoms with Gasteiger partial charge in [-0.25, -0.2) is 9.97 Å². The van der Waals surface area contributed by atoms with E-state index in [0.29, 0.717) is 17.4 Å². The highest BCUT2D eigenvalue weighted by atomic mass is 16.1. The molecule has 5 heteroatoms. The molecule has 1 aromatic carbocycles. The van der Waals surface area contributed by atoms with E-state index < -0.39 is 5.91 Å². The summed E-state index contributed by atoms with van der Waals surface area (Å²) in [7, 11) is 0. The van der Waals surface area contributed by atoms with Crippen LogP contribution in [-0.4, -0.2) is 21.9 Å². The highest BCUT2D eigenvalue weighted by Gasteiger charge is 2.21. The van der Waals surface area contributed by atoms with Crippen molar-refractivity contribution in [2.24, 2.45) is 5.73 Å². The topological polar surface area (TPSA) is 80.9 Å². The molecule has 1 heterocycles. The number of benzene rings is 1. The molecule has 0 spiro atoms. The predicted molar refractivity (Wildman–Crippen MR) is 77.4 cm³/mol. The monoisotopic (exact) mass is 268 g/mol. The van der Waals surface area contributed by atoms with Crippen molar-refractivity contribution in [3.63, 3.8) is 0 Å². The Kier molecular flexibility index (Phi) is 3.10. The number of hydrogen-bond donors (Lipinski definition) is 2. The van der Waals surface area contributed by atoms with Gasteiger partial charge in [-0.15, -0.1) is 0 Å². The van der Waals surface area contributed by atoms with Gasteiger partial charge in [0.1, 0.15) is 5.82 Å². The van der Waals surface area contributed by atoms with Gasteiger partial charge in [-0.1, -0.05) is 12.1 Å². The van der Waals surface area contributed by atoms with Crippen LogP contribution in [0.3, 0.4) is 0 Å². The van der Waals surface area contributed by atoms with Crippen molar-refractivity contribution in [3.8, 4) is 11.4 Å². The van der Waals surface area contributed by atoms with Gasteiger partial charge < -0.3 is 11.1 Å². The van der Waals surface area contributed by atoms with Crippen LogP contribution in [0, 0.1) is 6.92 Å². The summed E-state index contributed by atoms with van der Waals surface area (Å²) in [5.74, 6) is 1.08. The standard InChI is InChI=1S/C15H16N4O/c1-9-8-13(18-12-6-7-12)19-15(17-9)11-4-2-10(3-5-11)14(16)20/h2-5,8,12H,6-7H2,1H3,(H2,16,20)(H,17,18,19). The largest absolute Gasteiger partial charge is 0.367 e. The molecular weight excluding hydrogens is 252 g/mol. The number of aryl methyl sites for hydroxylation is 1. The SMILES string of the molecule is Cc1cc(NC2CC2)nc(-c2ccc(C(N)=O)cc2)n1. The average Bonchev–Trinajstić information content (AvgIpc) is 3.22. The smallest absolute Gasteiger partial charge is 0.248 e. The number of nitrogens with zero attached hydrogens (tertiary/aromatic N) is 2. The Bertz CT molecular complexity index is 647. The Morgan fingerprint density at radius 1 is 1.25 bits per heavy atom. The van der Waals surface area contributed by atoms with E-state index in [1.165, 1.54) is 12.8 Å². The quantitative estimate of drug-likeness (QED) is 0.890. The Labute approximate surface area is 117 Å². The fourth-order valence-electron chi connectivity index (χ4n) is 1.99. The molecule has 0 radical (unpaired) electrons. The van der Waals surface area contributed by atoms with Crippen molar-refractivity contribution < 1.29 is 4.79 Å². The van der Waals surface area contributed by atoms with E-state index in [1.807, 2.05) is 25.1 Å². The van der Waals surface area contributed by atoms with Gasteiger partial charge in [-0.3, -0.25) is 4.79 Å². The molecule has 1 fully saturated rings. The first-order valence-corrected chi connectivity index (χ1v) is 6.64. The zero-order valence-electron chi connectivity index (χ0n) is 11.3. The molecule has 2 aromatic rings. The Hall–Kier alpha value is -2.43. The number of carbonyl (C=O) groups excluding carboxylic acids is 1. The van der Waals surface area contributed by atoms with E-state index >= 15 is 0 Å². The van der Waals surface area contributed by atoms with Gasteiger partial charge in [0, 0.05) is 28.9 Å². The van der Waals surface area contributed by atoms with Crippen molar-refractivity contribution in [1.82, 2.24) is 9.97 Å². The van der Waals surface area contributed by atoms with Crippen molar-refractivity contribution in [1.29, 1.82) is 0 Å².